The molecule has 1 aliphatic carbocycles. The first-order valence-electron chi connectivity index (χ1n) is 7.19. The van der Waals surface area contributed by atoms with E-state index in [1.54, 1.807) is 0 Å². The zero-order valence-electron chi connectivity index (χ0n) is 11.3. The summed E-state index contributed by atoms with van der Waals surface area (Å²) in [5.41, 5.74) is 4.98. The first-order chi connectivity index (χ1) is 9.90. The number of aromatic nitrogens is 2. The third-order valence-corrected chi connectivity index (χ3v) is 4.07. The number of nitrogens with one attached hydrogen (secondary N) is 2. The summed E-state index contributed by atoms with van der Waals surface area (Å²) in [7, 11) is 0. The second kappa shape index (κ2) is 4.67. The van der Waals surface area contributed by atoms with Crippen LogP contribution in [-0.2, 0) is 6.42 Å². The summed E-state index contributed by atoms with van der Waals surface area (Å²) in [4.78, 5) is 7.96. The van der Waals surface area contributed by atoms with Gasteiger partial charge in [-0.25, -0.2) is 4.98 Å². The monoisotopic (exact) mass is 263 g/mol. The van der Waals surface area contributed by atoms with E-state index >= 15 is 0 Å². The molecule has 0 aliphatic heterocycles. The van der Waals surface area contributed by atoms with Gasteiger partial charge < -0.3 is 10.3 Å². The molecule has 0 radical (unpaired) electrons. The molecular formula is C17H17N3. The molecule has 1 aliphatic rings. The number of fused-ring (bicyclic) bond motifs is 2. The first-order valence-corrected chi connectivity index (χ1v) is 7.19. The van der Waals surface area contributed by atoms with Crippen molar-refractivity contribution in [2.24, 2.45) is 0 Å². The first kappa shape index (κ1) is 11.5. The molecule has 2 aromatic carbocycles. The van der Waals surface area contributed by atoms with Crippen LogP contribution < -0.4 is 5.32 Å². The van der Waals surface area contributed by atoms with E-state index in [0.29, 0.717) is 6.04 Å². The number of benzene rings is 2. The molecule has 3 nitrogen and oxygen atoms in total. The molecule has 1 aromatic heterocycles. The number of anilines is 1. The van der Waals surface area contributed by atoms with Gasteiger partial charge in [-0.2, -0.15) is 0 Å². The van der Waals surface area contributed by atoms with Crippen molar-refractivity contribution >= 4 is 17.0 Å². The molecule has 3 aromatic rings. The van der Waals surface area contributed by atoms with E-state index in [9.17, 15) is 0 Å². The Morgan fingerprint density at radius 2 is 1.90 bits per heavy atom. The predicted octanol–water partition coefficient (Wildman–Crippen LogP) is 4.05. The minimum atomic E-state index is 0.362. The molecule has 1 atom stereocenters. The molecule has 0 saturated carbocycles. The van der Waals surface area contributed by atoms with Crippen LogP contribution in [0.5, 0.6) is 0 Å². The van der Waals surface area contributed by atoms with Crippen molar-refractivity contribution in [3.05, 3.63) is 59.7 Å². The number of para-hydroxylation sites is 2. The average molecular weight is 263 g/mol. The van der Waals surface area contributed by atoms with E-state index in [2.05, 4.69) is 45.6 Å². The van der Waals surface area contributed by atoms with Crippen LogP contribution in [0.25, 0.3) is 11.0 Å². The van der Waals surface area contributed by atoms with Crippen LogP contribution in [0.4, 0.5) is 5.95 Å². The van der Waals surface area contributed by atoms with Crippen LogP contribution in [-0.4, -0.2) is 9.97 Å². The third kappa shape index (κ3) is 1.95. The normalized spacial score (nSPS) is 17.9. The minimum absolute atomic E-state index is 0.362. The van der Waals surface area contributed by atoms with Crippen molar-refractivity contribution in [3.63, 3.8) is 0 Å². The Balaban J connectivity index is 1.66. The van der Waals surface area contributed by atoms with Crippen LogP contribution in [0.3, 0.4) is 0 Å². The maximum atomic E-state index is 4.61. The predicted molar refractivity (Wildman–Crippen MR) is 81.8 cm³/mol. The van der Waals surface area contributed by atoms with E-state index in [-0.39, 0.29) is 0 Å². The molecule has 0 saturated heterocycles. The Labute approximate surface area is 118 Å². The maximum absolute atomic E-state index is 4.61. The number of rotatable bonds is 2. The standard InChI is InChI=1S/C17H17N3/c1-2-8-13-12(6-1)7-5-11-14(13)18-17-19-15-9-3-4-10-16(15)20-17/h1-4,6,8-10,14H,5,7,11H2,(H2,18,19,20). The molecule has 100 valence electrons. The number of hydrogen-bond donors (Lipinski definition) is 2. The van der Waals surface area contributed by atoms with Crippen molar-refractivity contribution in [2.45, 2.75) is 25.3 Å². The number of H-pyrrole nitrogens is 1. The minimum Gasteiger partial charge on any atom is -0.349 e. The summed E-state index contributed by atoms with van der Waals surface area (Å²) in [5, 5.41) is 3.56. The molecule has 20 heavy (non-hydrogen) atoms. The molecule has 3 heteroatoms. The highest BCUT2D eigenvalue weighted by atomic mass is 15.1. The van der Waals surface area contributed by atoms with Crippen molar-refractivity contribution in [2.75, 3.05) is 5.32 Å². The van der Waals surface area contributed by atoms with Crippen LogP contribution in [0, 0.1) is 0 Å². The van der Waals surface area contributed by atoms with Crippen molar-refractivity contribution < 1.29 is 0 Å². The quantitative estimate of drug-likeness (QED) is 0.732. The van der Waals surface area contributed by atoms with Crippen LogP contribution >= 0.6 is 0 Å². The Morgan fingerprint density at radius 3 is 2.85 bits per heavy atom. The van der Waals surface area contributed by atoms with Crippen LogP contribution in [0.2, 0.25) is 0 Å². The average Bonchev–Trinajstić information content (AvgIpc) is 2.90. The van der Waals surface area contributed by atoms with Gasteiger partial charge in [-0.05, 0) is 42.5 Å². The number of imidazole rings is 1. The summed E-state index contributed by atoms with van der Waals surface area (Å²) in [6.07, 6.45) is 3.58. The molecule has 1 heterocycles. The Kier molecular flexibility index (Phi) is 2.69. The Morgan fingerprint density at radius 1 is 1.05 bits per heavy atom. The van der Waals surface area contributed by atoms with Crippen molar-refractivity contribution in [3.8, 4) is 0 Å². The van der Waals surface area contributed by atoms with Gasteiger partial charge in [-0.3, -0.25) is 0 Å². The fraction of sp³-hybridized carbons (Fsp3) is 0.235. The fourth-order valence-corrected chi connectivity index (χ4v) is 3.09. The lowest BCUT2D eigenvalue weighted by Gasteiger charge is -2.26. The second-order valence-corrected chi connectivity index (χ2v) is 5.39. The lowest BCUT2D eigenvalue weighted by Crippen LogP contribution is -2.17. The SMILES string of the molecule is c1ccc2c(c1)CCCC2Nc1nc2ccccc2[nH]1. The third-order valence-electron chi connectivity index (χ3n) is 4.07. The maximum Gasteiger partial charge on any atom is 0.201 e. The summed E-state index contributed by atoms with van der Waals surface area (Å²) in [6, 6.07) is 17.2. The van der Waals surface area contributed by atoms with E-state index in [1.165, 1.54) is 24.0 Å². The lowest BCUT2D eigenvalue weighted by molar-refractivity contribution is 0.597. The van der Waals surface area contributed by atoms with E-state index in [4.69, 9.17) is 0 Å². The van der Waals surface area contributed by atoms with Gasteiger partial charge in [-0.15, -0.1) is 0 Å². The summed E-state index contributed by atoms with van der Waals surface area (Å²) in [5.74, 6) is 0.868. The van der Waals surface area contributed by atoms with Gasteiger partial charge in [-0.1, -0.05) is 36.4 Å². The van der Waals surface area contributed by atoms with Crippen molar-refractivity contribution in [1.29, 1.82) is 0 Å². The summed E-state index contributed by atoms with van der Waals surface area (Å²) in [6.45, 7) is 0. The lowest BCUT2D eigenvalue weighted by atomic mass is 9.88. The van der Waals surface area contributed by atoms with Gasteiger partial charge in [0.05, 0.1) is 17.1 Å². The molecule has 0 fully saturated rings. The smallest absolute Gasteiger partial charge is 0.201 e. The second-order valence-electron chi connectivity index (χ2n) is 5.39. The van der Waals surface area contributed by atoms with E-state index in [0.717, 1.165) is 23.4 Å². The topological polar surface area (TPSA) is 40.7 Å². The number of nitrogens with zero attached hydrogens (tertiary/aromatic N) is 1. The van der Waals surface area contributed by atoms with Crippen molar-refractivity contribution in [1.82, 2.24) is 9.97 Å². The molecule has 0 bridgehead atoms. The Hall–Kier alpha value is -2.29. The van der Waals surface area contributed by atoms with Gasteiger partial charge in [0.15, 0.2) is 0 Å². The summed E-state index contributed by atoms with van der Waals surface area (Å²) >= 11 is 0. The molecule has 2 N–H and O–H groups in total. The largest absolute Gasteiger partial charge is 0.349 e. The zero-order valence-corrected chi connectivity index (χ0v) is 11.3. The molecule has 0 spiro atoms. The molecular weight excluding hydrogens is 246 g/mol. The van der Waals surface area contributed by atoms with Crippen LogP contribution in [0.15, 0.2) is 48.5 Å². The summed E-state index contributed by atoms with van der Waals surface area (Å²) < 4.78 is 0. The molecule has 4 rings (SSSR count). The van der Waals surface area contributed by atoms with Gasteiger partial charge in [0, 0.05) is 0 Å². The fourth-order valence-electron chi connectivity index (χ4n) is 3.09. The highest BCUT2D eigenvalue weighted by molar-refractivity contribution is 5.77. The van der Waals surface area contributed by atoms with Gasteiger partial charge in [0.2, 0.25) is 5.95 Å². The van der Waals surface area contributed by atoms with Crippen LogP contribution in [0.1, 0.15) is 30.0 Å². The number of aryl methyl sites for hydroxylation is 1. The van der Waals surface area contributed by atoms with Gasteiger partial charge >= 0.3 is 0 Å². The van der Waals surface area contributed by atoms with E-state index < -0.39 is 0 Å². The Bertz CT molecular complexity index is 712. The number of hydrogen-bond acceptors (Lipinski definition) is 2. The highest BCUT2D eigenvalue weighted by Gasteiger charge is 2.20. The molecule has 0 amide bonds. The highest BCUT2D eigenvalue weighted by Crippen LogP contribution is 2.32. The molecule has 1 unspecified atom stereocenters. The van der Waals surface area contributed by atoms with Gasteiger partial charge in [0.1, 0.15) is 0 Å². The van der Waals surface area contributed by atoms with Gasteiger partial charge in [0.25, 0.3) is 0 Å². The number of aromatic amines is 1. The van der Waals surface area contributed by atoms with E-state index in [1.807, 2.05) is 18.2 Å². The zero-order chi connectivity index (χ0) is 13.4.